The van der Waals surface area contributed by atoms with Gasteiger partial charge in [0.05, 0.1) is 6.61 Å². The fourth-order valence-electron chi connectivity index (χ4n) is 2.56. The average molecular weight is 287 g/mol. The van der Waals surface area contributed by atoms with Crippen molar-refractivity contribution in [2.24, 2.45) is 0 Å². The van der Waals surface area contributed by atoms with Crippen LogP contribution in [0.2, 0.25) is 5.15 Å². The lowest BCUT2D eigenvalue weighted by Gasteiger charge is -2.05. The molecule has 0 saturated heterocycles. The highest BCUT2D eigenvalue weighted by Gasteiger charge is 2.16. The maximum absolute atomic E-state index is 5.95. The van der Waals surface area contributed by atoms with E-state index in [4.69, 9.17) is 16.3 Å². The SMILES string of the molecule is Cc1nc(Cl)cc2nnc(-c3ccc4c(c3)CCO4)n12. The summed E-state index contributed by atoms with van der Waals surface area (Å²) in [5.41, 5.74) is 2.92. The molecule has 1 aromatic carbocycles. The molecule has 20 heavy (non-hydrogen) atoms. The number of aryl methyl sites for hydroxylation is 1. The first-order chi connectivity index (χ1) is 9.72. The smallest absolute Gasteiger partial charge is 0.169 e. The van der Waals surface area contributed by atoms with Gasteiger partial charge < -0.3 is 4.74 Å². The second-order valence-electron chi connectivity index (χ2n) is 4.76. The predicted molar refractivity (Wildman–Crippen MR) is 75.2 cm³/mol. The molecule has 100 valence electrons. The Kier molecular flexibility index (Phi) is 2.44. The first-order valence-electron chi connectivity index (χ1n) is 6.37. The first-order valence-corrected chi connectivity index (χ1v) is 6.74. The van der Waals surface area contributed by atoms with Gasteiger partial charge >= 0.3 is 0 Å². The van der Waals surface area contributed by atoms with Crippen LogP contribution in [0, 0.1) is 6.92 Å². The van der Waals surface area contributed by atoms with E-state index in [1.54, 1.807) is 6.07 Å². The first kappa shape index (κ1) is 11.7. The van der Waals surface area contributed by atoms with Crippen molar-refractivity contribution in [3.05, 3.63) is 40.8 Å². The molecule has 1 aliphatic heterocycles. The summed E-state index contributed by atoms with van der Waals surface area (Å²) in [6.07, 6.45) is 0.934. The van der Waals surface area contributed by atoms with E-state index in [2.05, 4.69) is 21.2 Å². The molecule has 1 aliphatic rings. The highest BCUT2D eigenvalue weighted by molar-refractivity contribution is 6.29. The number of aromatic nitrogens is 4. The molecule has 0 saturated carbocycles. The normalized spacial score (nSPS) is 13.5. The van der Waals surface area contributed by atoms with Crippen molar-refractivity contribution in [2.45, 2.75) is 13.3 Å². The highest BCUT2D eigenvalue weighted by atomic mass is 35.5. The van der Waals surface area contributed by atoms with Crippen LogP contribution >= 0.6 is 11.6 Å². The van der Waals surface area contributed by atoms with E-state index in [0.717, 1.165) is 36.0 Å². The van der Waals surface area contributed by atoms with Gasteiger partial charge in [-0.2, -0.15) is 0 Å². The molecule has 5 nitrogen and oxygen atoms in total. The second-order valence-corrected chi connectivity index (χ2v) is 5.15. The summed E-state index contributed by atoms with van der Waals surface area (Å²) in [7, 11) is 0. The molecule has 0 aliphatic carbocycles. The van der Waals surface area contributed by atoms with Gasteiger partial charge in [-0.1, -0.05) is 11.6 Å². The molecule has 0 fully saturated rings. The number of ether oxygens (including phenoxy) is 1. The Bertz CT molecular complexity index is 827. The number of hydrogen-bond acceptors (Lipinski definition) is 4. The van der Waals surface area contributed by atoms with E-state index >= 15 is 0 Å². The Morgan fingerprint density at radius 3 is 3.05 bits per heavy atom. The molecule has 0 spiro atoms. The third kappa shape index (κ3) is 1.67. The Morgan fingerprint density at radius 2 is 2.15 bits per heavy atom. The molecule has 3 aromatic rings. The van der Waals surface area contributed by atoms with Gasteiger partial charge in [-0.05, 0) is 30.7 Å². The standard InChI is InChI=1S/C14H11ClN4O/c1-8-16-12(15)7-13-17-18-14(19(8)13)10-2-3-11-9(6-10)4-5-20-11/h2-3,6-7H,4-5H2,1H3. The van der Waals surface area contributed by atoms with Crippen molar-refractivity contribution in [3.8, 4) is 17.1 Å². The predicted octanol–water partition coefficient (Wildman–Crippen LogP) is 2.69. The number of fused-ring (bicyclic) bond motifs is 2. The summed E-state index contributed by atoms with van der Waals surface area (Å²) in [4.78, 5) is 4.26. The fourth-order valence-corrected chi connectivity index (χ4v) is 2.78. The fraction of sp³-hybridized carbons (Fsp3) is 0.214. The summed E-state index contributed by atoms with van der Waals surface area (Å²) < 4.78 is 7.43. The minimum atomic E-state index is 0.427. The Morgan fingerprint density at radius 1 is 1.25 bits per heavy atom. The van der Waals surface area contributed by atoms with Crippen LogP contribution in [0.15, 0.2) is 24.3 Å². The van der Waals surface area contributed by atoms with Gasteiger partial charge in [0.1, 0.15) is 16.7 Å². The maximum Gasteiger partial charge on any atom is 0.169 e. The van der Waals surface area contributed by atoms with Gasteiger partial charge in [-0.15, -0.1) is 10.2 Å². The Hall–Kier alpha value is -2.14. The molecule has 0 bridgehead atoms. The topological polar surface area (TPSA) is 52.3 Å². The molecule has 0 N–H and O–H groups in total. The molecule has 3 heterocycles. The van der Waals surface area contributed by atoms with Gasteiger partial charge in [-0.3, -0.25) is 4.40 Å². The van der Waals surface area contributed by atoms with Crippen LogP contribution in [0.25, 0.3) is 17.0 Å². The van der Waals surface area contributed by atoms with Gasteiger partial charge in [0.25, 0.3) is 0 Å². The Labute approximate surface area is 120 Å². The van der Waals surface area contributed by atoms with E-state index in [-0.39, 0.29) is 0 Å². The largest absolute Gasteiger partial charge is 0.493 e. The number of nitrogens with zero attached hydrogens (tertiary/aromatic N) is 4. The number of benzene rings is 1. The van der Waals surface area contributed by atoms with Gasteiger partial charge in [0.15, 0.2) is 11.5 Å². The number of halogens is 1. The lowest BCUT2D eigenvalue weighted by atomic mass is 10.1. The van der Waals surface area contributed by atoms with E-state index in [9.17, 15) is 0 Å². The van der Waals surface area contributed by atoms with Crippen molar-refractivity contribution in [1.29, 1.82) is 0 Å². The third-order valence-corrected chi connectivity index (χ3v) is 3.67. The summed E-state index contributed by atoms with van der Waals surface area (Å²) in [5, 5.41) is 8.86. The summed E-state index contributed by atoms with van der Waals surface area (Å²) in [5.74, 6) is 2.50. The molecule has 0 radical (unpaired) electrons. The van der Waals surface area contributed by atoms with Crippen molar-refractivity contribution < 1.29 is 4.74 Å². The third-order valence-electron chi connectivity index (χ3n) is 3.48. The second kappa shape index (κ2) is 4.18. The zero-order valence-corrected chi connectivity index (χ0v) is 11.6. The summed E-state index contributed by atoms with van der Waals surface area (Å²) >= 11 is 5.95. The molecule has 0 amide bonds. The van der Waals surface area contributed by atoms with E-state index in [1.165, 1.54) is 5.56 Å². The number of hydrogen-bond donors (Lipinski definition) is 0. The number of rotatable bonds is 1. The minimum Gasteiger partial charge on any atom is -0.493 e. The van der Waals surface area contributed by atoms with Gasteiger partial charge in [0.2, 0.25) is 0 Å². The quantitative estimate of drug-likeness (QED) is 0.646. The van der Waals surface area contributed by atoms with Crippen LogP contribution in [-0.4, -0.2) is 26.2 Å². The van der Waals surface area contributed by atoms with E-state index in [1.807, 2.05) is 23.5 Å². The molecule has 0 unspecified atom stereocenters. The van der Waals surface area contributed by atoms with Crippen LogP contribution in [-0.2, 0) is 6.42 Å². The van der Waals surface area contributed by atoms with Crippen LogP contribution in [0.5, 0.6) is 5.75 Å². The van der Waals surface area contributed by atoms with Crippen molar-refractivity contribution >= 4 is 17.2 Å². The van der Waals surface area contributed by atoms with Crippen molar-refractivity contribution in [3.63, 3.8) is 0 Å². The zero-order chi connectivity index (χ0) is 13.7. The molecule has 0 atom stereocenters. The van der Waals surface area contributed by atoms with Crippen LogP contribution in [0.4, 0.5) is 0 Å². The summed E-state index contributed by atoms with van der Waals surface area (Å²) in [6.45, 7) is 2.64. The molecule has 4 rings (SSSR count). The maximum atomic E-state index is 5.95. The van der Waals surface area contributed by atoms with Crippen LogP contribution < -0.4 is 4.74 Å². The van der Waals surface area contributed by atoms with Crippen LogP contribution in [0.3, 0.4) is 0 Å². The molecular weight excluding hydrogens is 276 g/mol. The van der Waals surface area contributed by atoms with Gasteiger partial charge in [0, 0.05) is 18.1 Å². The Balaban J connectivity index is 1.94. The lowest BCUT2D eigenvalue weighted by Crippen LogP contribution is -1.98. The van der Waals surface area contributed by atoms with E-state index in [0.29, 0.717) is 10.8 Å². The molecule has 6 heteroatoms. The average Bonchev–Trinajstić information content (AvgIpc) is 3.03. The molecule has 2 aromatic heterocycles. The zero-order valence-electron chi connectivity index (χ0n) is 10.8. The summed E-state index contributed by atoms with van der Waals surface area (Å²) in [6, 6.07) is 7.79. The lowest BCUT2D eigenvalue weighted by molar-refractivity contribution is 0.357. The monoisotopic (exact) mass is 286 g/mol. The van der Waals surface area contributed by atoms with Crippen molar-refractivity contribution in [1.82, 2.24) is 19.6 Å². The van der Waals surface area contributed by atoms with Gasteiger partial charge in [-0.25, -0.2) is 4.98 Å². The highest BCUT2D eigenvalue weighted by Crippen LogP contribution is 2.30. The van der Waals surface area contributed by atoms with Crippen molar-refractivity contribution in [2.75, 3.05) is 6.61 Å². The molecular formula is C14H11ClN4O. The minimum absolute atomic E-state index is 0.427. The van der Waals surface area contributed by atoms with Crippen LogP contribution in [0.1, 0.15) is 11.4 Å². The van der Waals surface area contributed by atoms with E-state index < -0.39 is 0 Å².